The highest BCUT2D eigenvalue weighted by Gasteiger charge is 2.18. The minimum atomic E-state index is 0.0465. The first kappa shape index (κ1) is 19.5. The van der Waals surface area contributed by atoms with Crippen molar-refractivity contribution in [3.63, 3.8) is 0 Å². The number of nitrogens with zero attached hydrogens (tertiary/aromatic N) is 5. The van der Waals surface area contributed by atoms with E-state index in [2.05, 4.69) is 17.6 Å². The summed E-state index contributed by atoms with van der Waals surface area (Å²) in [5, 5.41) is 0. The second-order valence-electron chi connectivity index (χ2n) is 7.05. The van der Waals surface area contributed by atoms with Gasteiger partial charge in [0.05, 0.1) is 34.4 Å². The number of likely N-dealkylation sites (N-methyl/N-ethyl adjacent to an activating group) is 1. The lowest BCUT2D eigenvalue weighted by Gasteiger charge is -2.19. The van der Waals surface area contributed by atoms with Gasteiger partial charge in [0.25, 0.3) is 0 Å². The van der Waals surface area contributed by atoms with Crippen LogP contribution in [0.2, 0.25) is 0 Å². The van der Waals surface area contributed by atoms with E-state index in [0.29, 0.717) is 6.54 Å². The van der Waals surface area contributed by atoms with E-state index in [1.165, 1.54) is 0 Å². The molecular weight excluding hydrogens is 382 g/mol. The van der Waals surface area contributed by atoms with Crippen LogP contribution >= 0.6 is 11.8 Å². The molecule has 29 heavy (non-hydrogen) atoms. The number of hydrogen-bond donors (Lipinski definition) is 0. The van der Waals surface area contributed by atoms with E-state index in [4.69, 9.17) is 9.97 Å². The Morgan fingerprint density at radius 1 is 0.966 bits per heavy atom. The average molecular weight is 408 g/mol. The molecular formula is C22H25N5OS. The van der Waals surface area contributed by atoms with Gasteiger partial charge in [-0.25, -0.2) is 9.97 Å². The smallest absolute Gasteiger partial charge is 0.242 e. The maximum absolute atomic E-state index is 13.1. The van der Waals surface area contributed by atoms with E-state index < -0.39 is 0 Å². The quantitative estimate of drug-likeness (QED) is 0.466. The Balaban J connectivity index is 1.58. The van der Waals surface area contributed by atoms with Crippen molar-refractivity contribution < 1.29 is 4.79 Å². The van der Waals surface area contributed by atoms with Crippen LogP contribution in [0.4, 0.5) is 0 Å². The first-order valence-corrected chi connectivity index (χ1v) is 11.1. The third-order valence-electron chi connectivity index (χ3n) is 5.15. The van der Waals surface area contributed by atoms with Crippen molar-refractivity contribution in [2.24, 2.45) is 0 Å². The number of aryl methyl sites for hydroxylation is 1. The predicted octanol–water partition coefficient (Wildman–Crippen LogP) is 3.93. The summed E-state index contributed by atoms with van der Waals surface area (Å²) in [6.45, 7) is 3.68. The standard InChI is InChI=1S/C22H25N5OS/c1-4-26-18-11-7-5-9-16(18)23-20(26)13-25(2)22(28)14-27-19-12-8-6-10-17(19)24-21(27)15-29-3/h5-12H,4,13-15H2,1-3H3. The van der Waals surface area contributed by atoms with Crippen molar-refractivity contribution >= 4 is 39.7 Å². The summed E-state index contributed by atoms with van der Waals surface area (Å²) in [6.07, 6.45) is 2.05. The molecule has 4 aromatic rings. The summed E-state index contributed by atoms with van der Waals surface area (Å²) >= 11 is 1.71. The van der Waals surface area contributed by atoms with Crippen molar-refractivity contribution in [2.75, 3.05) is 13.3 Å². The lowest BCUT2D eigenvalue weighted by molar-refractivity contribution is -0.131. The molecule has 0 N–H and O–H groups in total. The molecule has 0 aliphatic rings. The number of rotatable bonds is 7. The van der Waals surface area contributed by atoms with Crippen molar-refractivity contribution in [1.29, 1.82) is 0 Å². The fourth-order valence-electron chi connectivity index (χ4n) is 3.70. The fraction of sp³-hybridized carbons (Fsp3) is 0.318. The van der Waals surface area contributed by atoms with Crippen LogP contribution in [0.25, 0.3) is 22.1 Å². The SMILES string of the molecule is CCn1c(CN(C)C(=O)Cn2c(CSC)nc3ccccc32)nc2ccccc21. The molecule has 0 atom stereocenters. The van der Waals surface area contributed by atoms with Crippen LogP contribution in [0, 0.1) is 0 Å². The van der Waals surface area contributed by atoms with Crippen LogP contribution in [0.5, 0.6) is 0 Å². The average Bonchev–Trinajstić information content (AvgIpc) is 3.25. The van der Waals surface area contributed by atoms with E-state index in [-0.39, 0.29) is 12.5 Å². The highest BCUT2D eigenvalue weighted by Crippen LogP contribution is 2.20. The molecule has 150 valence electrons. The Hall–Kier alpha value is -2.80. The van der Waals surface area contributed by atoms with Crippen LogP contribution in [0.1, 0.15) is 18.6 Å². The Bertz CT molecular complexity index is 1160. The number of aromatic nitrogens is 4. The van der Waals surface area contributed by atoms with E-state index in [1.54, 1.807) is 16.7 Å². The topological polar surface area (TPSA) is 56.0 Å². The van der Waals surface area contributed by atoms with Gasteiger partial charge < -0.3 is 14.0 Å². The molecule has 2 aromatic carbocycles. The van der Waals surface area contributed by atoms with Crippen molar-refractivity contribution in [2.45, 2.75) is 32.3 Å². The zero-order valence-corrected chi connectivity index (χ0v) is 17.8. The molecule has 7 heteroatoms. The highest BCUT2D eigenvalue weighted by atomic mass is 32.2. The molecule has 1 amide bonds. The van der Waals surface area contributed by atoms with Gasteiger partial charge in [-0.05, 0) is 37.4 Å². The summed E-state index contributed by atoms with van der Waals surface area (Å²) in [4.78, 5) is 24.3. The van der Waals surface area contributed by atoms with Crippen LogP contribution < -0.4 is 0 Å². The molecule has 0 saturated carbocycles. The van der Waals surface area contributed by atoms with Crippen molar-refractivity contribution in [3.8, 4) is 0 Å². The zero-order chi connectivity index (χ0) is 20.4. The molecule has 0 spiro atoms. The van der Waals surface area contributed by atoms with Gasteiger partial charge in [-0.2, -0.15) is 11.8 Å². The Morgan fingerprint density at radius 2 is 1.55 bits per heavy atom. The number of para-hydroxylation sites is 4. The summed E-state index contributed by atoms with van der Waals surface area (Å²) in [5.41, 5.74) is 4.00. The van der Waals surface area contributed by atoms with Crippen LogP contribution in [-0.2, 0) is 30.2 Å². The Morgan fingerprint density at radius 3 is 2.17 bits per heavy atom. The lowest BCUT2D eigenvalue weighted by Crippen LogP contribution is -2.31. The van der Waals surface area contributed by atoms with Crippen molar-refractivity contribution in [1.82, 2.24) is 24.0 Å². The first-order chi connectivity index (χ1) is 14.1. The van der Waals surface area contributed by atoms with E-state index in [1.807, 2.05) is 60.3 Å². The predicted molar refractivity (Wildman–Crippen MR) is 119 cm³/mol. The van der Waals surface area contributed by atoms with Crippen LogP contribution in [0.3, 0.4) is 0 Å². The van der Waals surface area contributed by atoms with Gasteiger partial charge in [0.15, 0.2) is 0 Å². The molecule has 2 aromatic heterocycles. The maximum Gasteiger partial charge on any atom is 0.242 e. The fourth-order valence-corrected chi connectivity index (χ4v) is 4.17. The maximum atomic E-state index is 13.1. The first-order valence-electron chi connectivity index (χ1n) is 9.73. The largest absolute Gasteiger partial charge is 0.337 e. The van der Waals surface area contributed by atoms with Gasteiger partial charge in [-0.15, -0.1) is 0 Å². The van der Waals surface area contributed by atoms with Gasteiger partial charge in [0.2, 0.25) is 5.91 Å². The number of amides is 1. The lowest BCUT2D eigenvalue weighted by atomic mass is 10.3. The van der Waals surface area contributed by atoms with Gasteiger partial charge in [0, 0.05) is 13.6 Å². The van der Waals surface area contributed by atoms with Gasteiger partial charge in [0.1, 0.15) is 18.2 Å². The number of benzene rings is 2. The Labute approximate surface area is 174 Å². The number of carbonyl (C=O) groups is 1. The van der Waals surface area contributed by atoms with Crippen molar-refractivity contribution in [3.05, 3.63) is 60.2 Å². The summed E-state index contributed by atoms with van der Waals surface area (Å²) < 4.78 is 4.21. The van der Waals surface area contributed by atoms with Crippen LogP contribution in [-0.4, -0.2) is 43.2 Å². The summed E-state index contributed by atoms with van der Waals surface area (Å²) in [5.74, 6) is 2.66. The third-order valence-corrected chi connectivity index (χ3v) is 5.70. The van der Waals surface area contributed by atoms with Gasteiger partial charge >= 0.3 is 0 Å². The number of carbonyl (C=O) groups excluding carboxylic acids is 1. The highest BCUT2D eigenvalue weighted by molar-refractivity contribution is 7.97. The normalized spacial score (nSPS) is 11.4. The second kappa shape index (κ2) is 8.29. The molecule has 4 rings (SSSR count). The number of fused-ring (bicyclic) bond motifs is 2. The minimum absolute atomic E-state index is 0.0465. The van der Waals surface area contributed by atoms with E-state index >= 15 is 0 Å². The van der Waals surface area contributed by atoms with E-state index in [9.17, 15) is 4.79 Å². The Kier molecular flexibility index (Phi) is 5.58. The summed E-state index contributed by atoms with van der Waals surface area (Å²) in [7, 11) is 1.84. The van der Waals surface area contributed by atoms with Gasteiger partial charge in [-0.1, -0.05) is 24.3 Å². The number of hydrogen-bond acceptors (Lipinski definition) is 4. The third kappa shape index (κ3) is 3.74. The summed E-state index contributed by atoms with van der Waals surface area (Å²) in [6, 6.07) is 16.1. The molecule has 0 saturated heterocycles. The van der Waals surface area contributed by atoms with Crippen LogP contribution in [0.15, 0.2) is 48.5 Å². The van der Waals surface area contributed by atoms with Gasteiger partial charge in [-0.3, -0.25) is 4.79 Å². The molecule has 0 aliphatic carbocycles. The molecule has 0 bridgehead atoms. The molecule has 0 unspecified atom stereocenters. The number of thioether (sulfide) groups is 1. The number of imidazole rings is 2. The zero-order valence-electron chi connectivity index (χ0n) is 17.0. The molecule has 0 aliphatic heterocycles. The molecule has 2 heterocycles. The minimum Gasteiger partial charge on any atom is -0.337 e. The monoisotopic (exact) mass is 407 g/mol. The molecule has 0 radical (unpaired) electrons. The molecule has 0 fully saturated rings. The second-order valence-corrected chi connectivity index (χ2v) is 7.91. The van der Waals surface area contributed by atoms with E-state index in [0.717, 1.165) is 46.0 Å². The molecule has 6 nitrogen and oxygen atoms in total.